The Morgan fingerprint density at radius 1 is 1.12 bits per heavy atom. The molecule has 0 spiro atoms. The van der Waals surface area contributed by atoms with Crippen LogP contribution in [0.2, 0.25) is 0 Å². The molecule has 5 rings (SSSR count). The van der Waals surface area contributed by atoms with Crippen molar-refractivity contribution in [3.63, 3.8) is 0 Å². The van der Waals surface area contributed by atoms with Gasteiger partial charge in [-0.15, -0.1) is 0 Å². The van der Waals surface area contributed by atoms with Crippen LogP contribution in [-0.2, 0) is 16.0 Å². The van der Waals surface area contributed by atoms with Gasteiger partial charge in [-0.3, -0.25) is 9.69 Å². The van der Waals surface area contributed by atoms with Crippen LogP contribution in [-0.4, -0.2) is 60.2 Å². The summed E-state index contributed by atoms with van der Waals surface area (Å²) < 4.78 is 11.4. The molecular weight excluding hydrogens is 404 g/mol. The van der Waals surface area contributed by atoms with Crippen LogP contribution >= 0.6 is 0 Å². The van der Waals surface area contributed by atoms with Crippen LogP contribution in [0.15, 0.2) is 54.6 Å². The van der Waals surface area contributed by atoms with E-state index in [0.29, 0.717) is 6.61 Å². The van der Waals surface area contributed by atoms with E-state index in [1.54, 1.807) is 0 Å². The van der Waals surface area contributed by atoms with Crippen molar-refractivity contribution in [2.75, 3.05) is 39.5 Å². The normalized spacial score (nSPS) is 14.8. The number of benzene rings is 2. The number of primary amides is 1. The first-order valence-electron chi connectivity index (χ1n) is 10.9. The number of H-pyrrole nitrogens is 1. The number of amides is 1. The average molecular weight is 431 g/mol. The van der Waals surface area contributed by atoms with Gasteiger partial charge in [0.2, 0.25) is 5.91 Å². The van der Waals surface area contributed by atoms with E-state index in [2.05, 4.69) is 9.88 Å². The number of nitrogens with one attached hydrogen (secondary N) is 1. The van der Waals surface area contributed by atoms with E-state index in [4.69, 9.17) is 20.2 Å². The molecule has 7 nitrogen and oxygen atoms in total. The van der Waals surface area contributed by atoms with Gasteiger partial charge in [0.15, 0.2) is 0 Å². The van der Waals surface area contributed by atoms with Crippen molar-refractivity contribution in [2.45, 2.75) is 6.42 Å². The van der Waals surface area contributed by atoms with Gasteiger partial charge in [-0.05, 0) is 23.8 Å². The Labute approximate surface area is 186 Å². The maximum absolute atomic E-state index is 11.7. The second kappa shape index (κ2) is 8.98. The lowest BCUT2D eigenvalue weighted by atomic mass is 10.0. The van der Waals surface area contributed by atoms with E-state index in [9.17, 15) is 4.79 Å². The minimum atomic E-state index is -0.373. The van der Waals surface area contributed by atoms with Gasteiger partial charge in [0, 0.05) is 36.7 Å². The highest BCUT2D eigenvalue weighted by atomic mass is 16.5. The van der Waals surface area contributed by atoms with Gasteiger partial charge in [0.25, 0.3) is 0 Å². The van der Waals surface area contributed by atoms with Gasteiger partial charge in [0.1, 0.15) is 12.4 Å². The molecule has 0 atom stereocenters. The van der Waals surface area contributed by atoms with Gasteiger partial charge >= 0.3 is 0 Å². The molecule has 2 aromatic carbocycles. The van der Waals surface area contributed by atoms with Crippen LogP contribution in [0.25, 0.3) is 33.2 Å². The number of nitrogens with two attached hydrogens (primary N) is 1. The largest absolute Gasteiger partial charge is 0.492 e. The minimum Gasteiger partial charge on any atom is -0.492 e. The first kappa shape index (κ1) is 20.5. The summed E-state index contributed by atoms with van der Waals surface area (Å²) in [5, 5.41) is 0.990. The fourth-order valence-electron chi connectivity index (χ4n) is 4.19. The summed E-state index contributed by atoms with van der Waals surface area (Å²) in [6.07, 6.45) is 0.147. The van der Waals surface area contributed by atoms with Crippen molar-refractivity contribution in [3.8, 4) is 17.0 Å². The maximum Gasteiger partial charge on any atom is 0.221 e. The number of rotatable bonds is 7. The summed E-state index contributed by atoms with van der Waals surface area (Å²) in [6.45, 7) is 4.96. The van der Waals surface area contributed by atoms with Crippen LogP contribution in [0.3, 0.4) is 0 Å². The van der Waals surface area contributed by atoms with Crippen LogP contribution in [0.5, 0.6) is 5.75 Å². The Balaban J connectivity index is 1.47. The van der Waals surface area contributed by atoms with Gasteiger partial charge < -0.3 is 20.2 Å². The Hall–Kier alpha value is -3.42. The van der Waals surface area contributed by atoms with Crippen molar-refractivity contribution in [2.24, 2.45) is 5.73 Å². The quantitative estimate of drug-likeness (QED) is 0.470. The number of hydrogen-bond donors (Lipinski definition) is 2. The number of nitrogens with zero attached hydrogens (tertiary/aromatic N) is 2. The van der Waals surface area contributed by atoms with Crippen molar-refractivity contribution in [1.29, 1.82) is 0 Å². The first-order chi connectivity index (χ1) is 15.7. The fraction of sp³-hybridized carbons (Fsp3) is 0.280. The molecule has 1 aliphatic rings. The minimum absolute atomic E-state index is 0.147. The molecule has 0 bridgehead atoms. The molecule has 3 N–H and O–H groups in total. The number of morpholine rings is 1. The predicted octanol–water partition coefficient (Wildman–Crippen LogP) is 3.12. The highest BCUT2D eigenvalue weighted by molar-refractivity contribution is 6.07. The highest BCUT2D eigenvalue weighted by Gasteiger charge is 2.15. The van der Waals surface area contributed by atoms with Gasteiger partial charge in [-0.25, -0.2) is 4.98 Å². The fourth-order valence-corrected chi connectivity index (χ4v) is 4.19. The summed E-state index contributed by atoms with van der Waals surface area (Å²) in [5.41, 5.74) is 10.8. The van der Waals surface area contributed by atoms with E-state index in [1.807, 2.05) is 54.6 Å². The molecule has 164 valence electrons. The zero-order valence-corrected chi connectivity index (χ0v) is 17.8. The zero-order chi connectivity index (χ0) is 21.9. The molecule has 2 aromatic heterocycles. The summed E-state index contributed by atoms with van der Waals surface area (Å²) in [6, 6.07) is 17.9. The number of hydrogen-bond acceptors (Lipinski definition) is 5. The average Bonchev–Trinajstić information content (AvgIpc) is 3.18. The van der Waals surface area contributed by atoms with Crippen LogP contribution in [0.1, 0.15) is 5.56 Å². The Bertz CT molecular complexity index is 1250. The van der Waals surface area contributed by atoms with E-state index >= 15 is 0 Å². The van der Waals surface area contributed by atoms with E-state index < -0.39 is 0 Å². The Morgan fingerprint density at radius 2 is 1.94 bits per heavy atom. The third-order valence-electron chi connectivity index (χ3n) is 5.82. The smallest absolute Gasteiger partial charge is 0.221 e. The summed E-state index contributed by atoms with van der Waals surface area (Å²) in [7, 11) is 0. The second-order valence-corrected chi connectivity index (χ2v) is 8.03. The van der Waals surface area contributed by atoms with Crippen LogP contribution < -0.4 is 10.5 Å². The first-order valence-corrected chi connectivity index (χ1v) is 10.9. The number of aromatic amines is 1. The maximum atomic E-state index is 11.7. The lowest BCUT2D eigenvalue weighted by molar-refractivity contribution is -0.117. The SMILES string of the molecule is NC(=O)Cc1cc(-c2ccccc2)nc2c1[nH]c1cc(OCCN3CCOCC3)ccc12. The number of pyridine rings is 1. The highest BCUT2D eigenvalue weighted by Crippen LogP contribution is 2.32. The third-order valence-corrected chi connectivity index (χ3v) is 5.82. The van der Waals surface area contributed by atoms with Crippen molar-refractivity contribution >= 4 is 27.8 Å². The Morgan fingerprint density at radius 3 is 2.72 bits per heavy atom. The van der Waals surface area contributed by atoms with E-state index in [0.717, 1.165) is 77.4 Å². The lowest BCUT2D eigenvalue weighted by Gasteiger charge is -2.26. The second-order valence-electron chi connectivity index (χ2n) is 8.03. The molecule has 1 fully saturated rings. The lowest BCUT2D eigenvalue weighted by Crippen LogP contribution is -2.38. The summed E-state index contributed by atoms with van der Waals surface area (Å²) >= 11 is 0. The predicted molar refractivity (Wildman–Crippen MR) is 125 cm³/mol. The molecular formula is C25H26N4O3. The number of carbonyl (C=O) groups is 1. The number of ether oxygens (including phenoxy) is 2. The Kier molecular flexibility index (Phi) is 5.75. The molecule has 4 aromatic rings. The molecule has 3 heterocycles. The molecule has 0 unspecified atom stereocenters. The molecule has 0 saturated carbocycles. The molecule has 1 saturated heterocycles. The van der Waals surface area contributed by atoms with E-state index in [1.165, 1.54) is 0 Å². The summed E-state index contributed by atoms with van der Waals surface area (Å²) in [5.74, 6) is 0.430. The van der Waals surface area contributed by atoms with Crippen LogP contribution in [0.4, 0.5) is 0 Å². The molecule has 7 heteroatoms. The standard InChI is InChI=1S/C25H26N4O3/c26-23(30)15-18-14-21(17-4-2-1-3-5-17)27-25-20-7-6-19(16-22(20)28-24(18)25)32-13-10-29-8-11-31-12-9-29/h1-7,14,16,28H,8-13,15H2,(H2,26,30). The van der Waals surface area contributed by atoms with Gasteiger partial charge in [0.05, 0.1) is 41.9 Å². The van der Waals surface area contributed by atoms with Crippen LogP contribution in [0, 0.1) is 0 Å². The zero-order valence-electron chi connectivity index (χ0n) is 17.8. The number of aromatic nitrogens is 2. The topological polar surface area (TPSA) is 93.5 Å². The monoisotopic (exact) mass is 430 g/mol. The van der Waals surface area contributed by atoms with Crippen molar-refractivity contribution in [1.82, 2.24) is 14.9 Å². The van der Waals surface area contributed by atoms with Crippen molar-refractivity contribution in [3.05, 3.63) is 60.2 Å². The van der Waals surface area contributed by atoms with E-state index in [-0.39, 0.29) is 12.3 Å². The molecule has 0 radical (unpaired) electrons. The van der Waals surface area contributed by atoms with Gasteiger partial charge in [-0.2, -0.15) is 0 Å². The van der Waals surface area contributed by atoms with Crippen molar-refractivity contribution < 1.29 is 14.3 Å². The van der Waals surface area contributed by atoms with Gasteiger partial charge in [-0.1, -0.05) is 30.3 Å². The molecule has 1 amide bonds. The number of carbonyl (C=O) groups excluding carboxylic acids is 1. The third kappa shape index (κ3) is 4.30. The molecule has 1 aliphatic heterocycles. The molecule has 0 aliphatic carbocycles. The number of fused-ring (bicyclic) bond motifs is 3. The molecule has 32 heavy (non-hydrogen) atoms. The summed E-state index contributed by atoms with van der Waals surface area (Å²) in [4.78, 5) is 22.4.